The number of Topliss-reactive ketones (excluding diaryl/α,β-unsaturated/α-hetero) is 1. The van der Waals surface area contributed by atoms with E-state index in [-0.39, 0.29) is 18.8 Å². The highest BCUT2D eigenvalue weighted by atomic mass is 79.9. The van der Waals surface area contributed by atoms with Crippen molar-refractivity contribution < 1.29 is 14.3 Å². The number of nitrogens with zero attached hydrogens (tertiary/aromatic N) is 1. The molecule has 0 aliphatic carbocycles. The Balaban J connectivity index is 3.38. The van der Waals surface area contributed by atoms with Crippen LogP contribution in [0, 0.1) is 11.3 Å². The molecule has 0 heterocycles. The zero-order chi connectivity index (χ0) is 14.4. The van der Waals surface area contributed by atoms with E-state index in [9.17, 15) is 9.59 Å². The first-order chi connectivity index (χ1) is 9.02. The van der Waals surface area contributed by atoms with Crippen LogP contribution in [0.25, 0.3) is 0 Å². The number of hydrogen-bond donors (Lipinski definition) is 0. The summed E-state index contributed by atoms with van der Waals surface area (Å²) in [5, 5.41) is 8.83. The van der Waals surface area contributed by atoms with Crippen LogP contribution in [0.4, 0.5) is 0 Å². The second-order valence-electron chi connectivity index (χ2n) is 3.91. The lowest BCUT2D eigenvalue weighted by Gasteiger charge is -2.15. The van der Waals surface area contributed by atoms with Crippen LogP contribution in [0.1, 0.15) is 40.2 Å². The first kappa shape index (κ1) is 15.4. The summed E-state index contributed by atoms with van der Waals surface area (Å²) in [4.78, 5) is 22.8. The lowest BCUT2D eigenvalue weighted by molar-refractivity contribution is -0.116. The number of benzene rings is 1. The van der Waals surface area contributed by atoms with E-state index in [1.54, 1.807) is 25.1 Å². The van der Waals surface area contributed by atoms with Crippen LogP contribution in [0.2, 0.25) is 0 Å². The summed E-state index contributed by atoms with van der Waals surface area (Å²) in [6, 6.07) is 7.05. The minimum absolute atomic E-state index is 0.129. The Bertz CT molecular complexity index is 534. The van der Waals surface area contributed by atoms with Crippen molar-refractivity contribution in [2.45, 2.75) is 25.1 Å². The van der Waals surface area contributed by atoms with Crippen molar-refractivity contribution in [3.05, 3.63) is 34.9 Å². The Morgan fingerprint density at radius 3 is 2.68 bits per heavy atom. The van der Waals surface area contributed by atoms with E-state index in [0.29, 0.717) is 16.7 Å². The van der Waals surface area contributed by atoms with Gasteiger partial charge in [0.2, 0.25) is 0 Å². The van der Waals surface area contributed by atoms with Crippen LogP contribution in [-0.2, 0) is 16.0 Å². The number of carbonyl (C=O) groups excluding carboxylic acids is 2. The smallest absolute Gasteiger partial charge is 0.338 e. The van der Waals surface area contributed by atoms with Crippen LogP contribution < -0.4 is 0 Å². The average Bonchev–Trinajstić information content (AvgIpc) is 2.38. The van der Waals surface area contributed by atoms with Crippen LogP contribution in [0.15, 0.2) is 18.2 Å². The summed E-state index contributed by atoms with van der Waals surface area (Å²) in [6.07, 6.45) is 0.137. The van der Waals surface area contributed by atoms with Gasteiger partial charge in [0.05, 0.1) is 29.5 Å². The molecule has 0 aliphatic rings. The van der Waals surface area contributed by atoms with Gasteiger partial charge in [-0.15, -0.1) is 0 Å². The topological polar surface area (TPSA) is 67.2 Å². The number of hydrogen-bond acceptors (Lipinski definition) is 4. The molecule has 1 unspecified atom stereocenters. The fourth-order valence-corrected chi connectivity index (χ4v) is 2.28. The third-order valence-corrected chi connectivity index (χ3v) is 3.67. The molecule has 0 radical (unpaired) electrons. The molecule has 1 rings (SSSR count). The molecule has 1 aromatic rings. The van der Waals surface area contributed by atoms with E-state index in [4.69, 9.17) is 10.00 Å². The standard InChI is InChI=1S/C14H14BrNO3/c1-3-19-14(18)11-6-4-5-10(7-8-16)12(11)13(15)9(2)17/h4-6,13H,3,7H2,1-2H3. The third kappa shape index (κ3) is 3.65. The Kier molecular flexibility index (Phi) is 5.71. The second-order valence-corrected chi connectivity index (χ2v) is 4.82. The number of carbonyl (C=O) groups is 2. The maximum atomic E-state index is 11.9. The molecule has 0 spiro atoms. The summed E-state index contributed by atoms with van der Waals surface area (Å²) >= 11 is 3.27. The lowest BCUT2D eigenvalue weighted by atomic mass is 9.95. The molecule has 1 aromatic carbocycles. The van der Waals surface area contributed by atoms with Crippen molar-refractivity contribution in [2.75, 3.05) is 6.61 Å². The highest BCUT2D eigenvalue weighted by Crippen LogP contribution is 2.31. The van der Waals surface area contributed by atoms with E-state index < -0.39 is 10.8 Å². The first-order valence-electron chi connectivity index (χ1n) is 5.83. The van der Waals surface area contributed by atoms with Crippen LogP contribution >= 0.6 is 15.9 Å². The highest BCUT2D eigenvalue weighted by molar-refractivity contribution is 9.09. The Hall–Kier alpha value is -1.67. The molecule has 0 aliphatic heterocycles. The van der Waals surface area contributed by atoms with Crippen molar-refractivity contribution in [1.29, 1.82) is 5.26 Å². The highest BCUT2D eigenvalue weighted by Gasteiger charge is 2.24. The number of rotatable bonds is 5. The summed E-state index contributed by atoms with van der Waals surface area (Å²) in [7, 11) is 0. The van der Waals surface area contributed by atoms with Gasteiger partial charge in [0.15, 0.2) is 0 Å². The molecule has 0 fully saturated rings. The fraction of sp³-hybridized carbons (Fsp3) is 0.357. The van der Waals surface area contributed by atoms with Gasteiger partial charge in [0, 0.05) is 0 Å². The van der Waals surface area contributed by atoms with Gasteiger partial charge in [-0.2, -0.15) is 5.26 Å². The van der Waals surface area contributed by atoms with Gasteiger partial charge in [-0.25, -0.2) is 4.79 Å². The summed E-state index contributed by atoms with van der Waals surface area (Å²) < 4.78 is 4.98. The van der Waals surface area contributed by atoms with Crippen molar-refractivity contribution in [3.63, 3.8) is 0 Å². The monoisotopic (exact) mass is 323 g/mol. The van der Waals surface area contributed by atoms with Gasteiger partial charge >= 0.3 is 5.97 Å². The van der Waals surface area contributed by atoms with E-state index in [1.807, 2.05) is 6.07 Å². The fourth-order valence-electron chi connectivity index (χ4n) is 1.74. The maximum absolute atomic E-state index is 11.9. The Morgan fingerprint density at radius 1 is 1.47 bits per heavy atom. The molecular weight excluding hydrogens is 310 g/mol. The predicted octanol–water partition coefficient (Wildman–Crippen LogP) is 2.95. The number of esters is 1. The van der Waals surface area contributed by atoms with E-state index >= 15 is 0 Å². The molecule has 0 bridgehead atoms. The number of nitriles is 1. The van der Waals surface area contributed by atoms with Crippen molar-refractivity contribution >= 4 is 27.7 Å². The third-order valence-electron chi connectivity index (χ3n) is 2.57. The van der Waals surface area contributed by atoms with Gasteiger partial charge in [-0.3, -0.25) is 4.79 Å². The van der Waals surface area contributed by atoms with E-state index in [0.717, 1.165) is 0 Å². The summed E-state index contributed by atoms with van der Waals surface area (Å²) in [5.74, 6) is -0.612. The molecule has 0 amide bonds. The van der Waals surface area contributed by atoms with Crippen LogP contribution in [-0.4, -0.2) is 18.4 Å². The zero-order valence-electron chi connectivity index (χ0n) is 10.8. The predicted molar refractivity (Wildman–Crippen MR) is 74.1 cm³/mol. The molecule has 5 heteroatoms. The van der Waals surface area contributed by atoms with Crippen molar-refractivity contribution in [1.82, 2.24) is 0 Å². The van der Waals surface area contributed by atoms with Crippen molar-refractivity contribution in [2.24, 2.45) is 0 Å². The van der Waals surface area contributed by atoms with Gasteiger partial charge in [-0.05, 0) is 31.0 Å². The normalized spacial score (nSPS) is 11.5. The minimum Gasteiger partial charge on any atom is -0.462 e. The van der Waals surface area contributed by atoms with Gasteiger partial charge < -0.3 is 4.74 Å². The van der Waals surface area contributed by atoms with Gasteiger partial charge in [-0.1, -0.05) is 28.1 Å². The van der Waals surface area contributed by atoms with E-state index in [2.05, 4.69) is 15.9 Å². The van der Waals surface area contributed by atoms with Crippen molar-refractivity contribution in [3.8, 4) is 6.07 Å². The molecule has 1 atom stereocenters. The Morgan fingerprint density at radius 2 is 2.16 bits per heavy atom. The SMILES string of the molecule is CCOC(=O)c1cccc(CC#N)c1C(Br)C(C)=O. The molecule has 0 aromatic heterocycles. The maximum Gasteiger partial charge on any atom is 0.338 e. The van der Waals surface area contributed by atoms with Gasteiger partial charge in [0.1, 0.15) is 5.78 Å². The molecular formula is C14H14BrNO3. The number of halogens is 1. The number of alkyl halides is 1. The molecule has 0 saturated heterocycles. The summed E-state index contributed by atoms with van der Waals surface area (Å²) in [5.41, 5.74) is 1.51. The number of ether oxygens (including phenoxy) is 1. The zero-order valence-corrected chi connectivity index (χ0v) is 12.4. The first-order valence-corrected chi connectivity index (χ1v) is 6.74. The minimum atomic E-state index is -0.614. The Labute approximate surface area is 120 Å². The second kappa shape index (κ2) is 7.05. The molecule has 19 heavy (non-hydrogen) atoms. The number of ketones is 1. The molecule has 0 saturated carbocycles. The van der Waals surface area contributed by atoms with Gasteiger partial charge in [0.25, 0.3) is 0 Å². The van der Waals surface area contributed by atoms with Crippen LogP contribution in [0.5, 0.6) is 0 Å². The quantitative estimate of drug-likeness (QED) is 0.617. The molecule has 100 valence electrons. The molecule has 4 nitrogen and oxygen atoms in total. The lowest BCUT2D eigenvalue weighted by Crippen LogP contribution is -2.14. The van der Waals surface area contributed by atoms with E-state index in [1.165, 1.54) is 6.92 Å². The molecule has 0 N–H and O–H groups in total. The average molecular weight is 324 g/mol. The van der Waals surface area contributed by atoms with Crippen LogP contribution in [0.3, 0.4) is 0 Å². The largest absolute Gasteiger partial charge is 0.462 e. The summed E-state index contributed by atoms with van der Waals surface area (Å²) in [6.45, 7) is 3.40.